The normalized spacial score (nSPS) is 27.8. The van der Waals surface area contributed by atoms with Crippen LogP contribution in [-0.2, 0) is 14.2 Å². The fourth-order valence-corrected chi connectivity index (χ4v) is 3.44. The highest BCUT2D eigenvalue weighted by Gasteiger charge is 2.32. The Morgan fingerprint density at radius 3 is 2.71 bits per heavy atom. The Bertz CT molecular complexity index is 404. The first kappa shape index (κ1) is 19.5. The summed E-state index contributed by atoms with van der Waals surface area (Å²) in [5.41, 5.74) is -0.474. The number of nitrogens with zero attached hydrogens (tertiary/aromatic N) is 1. The molecule has 0 aromatic carbocycles. The highest BCUT2D eigenvalue weighted by molar-refractivity contribution is 5.68. The highest BCUT2D eigenvalue weighted by atomic mass is 16.6. The number of hydrogen-bond acceptors (Lipinski definition) is 5. The Morgan fingerprint density at radius 2 is 2.08 bits per heavy atom. The zero-order valence-electron chi connectivity index (χ0n) is 15.8. The maximum atomic E-state index is 12.4. The van der Waals surface area contributed by atoms with Crippen LogP contribution in [-0.4, -0.2) is 67.2 Å². The van der Waals surface area contributed by atoms with Crippen LogP contribution >= 0.6 is 0 Å². The monoisotopic (exact) mass is 342 g/mol. The Labute approximate surface area is 146 Å². The molecule has 0 spiro atoms. The van der Waals surface area contributed by atoms with Gasteiger partial charge in [-0.15, -0.1) is 0 Å². The van der Waals surface area contributed by atoms with Gasteiger partial charge in [0, 0.05) is 25.2 Å². The lowest BCUT2D eigenvalue weighted by molar-refractivity contribution is -0.0361. The van der Waals surface area contributed by atoms with Gasteiger partial charge in [0.15, 0.2) is 0 Å². The summed E-state index contributed by atoms with van der Waals surface area (Å²) in [5.74, 6) is 0. The van der Waals surface area contributed by atoms with E-state index >= 15 is 0 Å². The number of nitrogens with one attached hydrogen (secondary N) is 1. The van der Waals surface area contributed by atoms with E-state index in [0.717, 1.165) is 25.9 Å². The van der Waals surface area contributed by atoms with E-state index in [2.05, 4.69) is 19.2 Å². The summed E-state index contributed by atoms with van der Waals surface area (Å²) in [6, 6.07) is 0.649. The van der Waals surface area contributed by atoms with Crippen molar-refractivity contribution in [1.82, 2.24) is 10.2 Å². The van der Waals surface area contributed by atoms with Crippen molar-refractivity contribution in [2.24, 2.45) is 0 Å². The van der Waals surface area contributed by atoms with Gasteiger partial charge < -0.3 is 24.4 Å². The molecular weight excluding hydrogens is 308 g/mol. The third-order valence-electron chi connectivity index (χ3n) is 4.55. The Balaban J connectivity index is 1.86. The molecule has 2 saturated heterocycles. The van der Waals surface area contributed by atoms with E-state index in [-0.39, 0.29) is 18.2 Å². The van der Waals surface area contributed by atoms with Crippen LogP contribution in [0, 0.1) is 0 Å². The molecular formula is C18H34N2O4. The number of ether oxygens (including phenoxy) is 3. The Hall–Kier alpha value is -0.850. The van der Waals surface area contributed by atoms with Gasteiger partial charge in [-0.2, -0.15) is 0 Å². The molecule has 0 bridgehead atoms. The topological polar surface area (TPSA) is 60.0 Å². The lowest BCUT2D eigenvalue weighted by Gasteiger charge is -2.38. The maximum absolute atomic E-state index is 12.4. The summed E-state index contributed by atoms with van der Waals surface area (Å²) in [7, 11) is 0. The lowest BCUT2D eigenvalue weighted by atomic mass is 10.0. The van der Waals surface area contributed by atoms with E-state index in [1.54, 1.807) is 0 Å². The van der Waals surface area contributed by atoms with Crippen molar-refractivity contribution < 1.29 is 19.0 Å². The summed E-state index contributed by atoms with van der Waals surface area (Å²) in [6.45, 7) is 12.6. The number of carbonyl (C=O) groups is 1. The molecule has 1 amide bonds. The minimum Gasteiger partial charge on any atom is -0.444 e. The molecule has 2 rings (SSSR count). The summed E-state index contributed by atoms with van der Waals surface area (Å²) in [5, 5.41) is 3.62. The van der Waals surface area contributed by atoms with Crippen molar-refractivity contribution in [3.63, 3.8) is 0 Å². The molecule has 24 heavy (non-hydrogen) atoms. The van der Waals surface area contributed by atoms with Gasteiger partial charge in [-0.25, -0.2) is 4.79 Å². The maximum Gasteiger partial charge on any atom is 0.410 e. The molecule has 2 heterocycles. The molecule has 0 aromatic rings. The quantitative estimate of drug-likeness (QED) is 0.832. The van der Waals surface area contributed by atoms with Gasteiger partial charge in [-0.1, -0.05) is 0 Å². The smallest absolute Gasteiger partial charge is 0.410 e. The largest absolute Gasteiger partial charge is 0.444 e. The summed E-state index contributed by atoms with van der Waals surface area (Å²) < 4.78 is 16.9. The van der Waals surface area contributed by atoms with Gasteiger partial charge in [0.25, 0.3) is 0 Å². The highest BCUT2D eigenvalue weighted by Crippen LogP contribution is 2.19. The minimum absolute atomic E-state index is 0.0489. The van der Waals surface area contributed by atoms with E-state index in [1.807, 2.05) is 25.7 Å². The van der Waals surface area contributed by atoms with Gasteiger partial charge in [0.1, 0.15) is 5.60 Å². The second kappa shape index (κ2) is 8.50. The molecule has 140 valence electrons. The standard InChI is InChI=1S/C18H34N2O4/c1-13(19-14(2)16-7-6-9-23-16)11-15-12-22-10-8-20(15)17(21)24-18(3,4)5/h13-16,19H,6-12H2,1-5H3/t13-,14-,15-,16+/m1/s1. The SMILES string of the molecule is C[C@H](C[C@@H]1COCCN1C(=O)OC(C)(C)C)N[C@H](C)[C@@H]1CCCO1. The summed E-state index contributed by atoms with van der Waals surface area (Å²) in [6.07, 6.45) is 3.18. The van der Waals surface area contributed by atoms with E-state index in [4.69, 9.17) is 14.2 Å². The predicted octanol–water partition coefficient (Wildman–Crippen LogP) is 2.56. The molecule has 0 aliphatic carbocycles. The van der Waals surface area contributed by atoms with E-state index in [1.165, 1.54) is 0 Å². The third kappa shape index (κ3) is 5.90. The first-order chi connectivity index (χ1) is 11.3. The first-order valence-corrected chi connectivity index (χ1v) is 9.21. The minimum atomic E-state index is -0.474. The molecule has 0 saturated carbocycles. The van der Waals surface area contributed by atoms with E-state index < -0.39 is 5.60 Å². The lowest BCUT2D eigenvalue weighted by Crippen LogP contribution is -2.53. The van der Waals surface area contributed by atoms with Crippen molar-refractivity contribution in [2.75, 3.05) is 26.4 Å². The van der Waals surface area contributed by atoms with Crippen LogP contribution in [0.15, 0.2) is 0 Å². The molecule has 6 nitrogen and oxygen atoms in total. The molecule has 6 heteroatoms. The zero-order valence-corrected chi connectivity index (χ0v) is 15.8. The van der Waals surface area contributed by atoms with Crippen LogP contribution in [0.25, 0.3) is 0 Å². The number of hydrogen-bond donors (Lipinski definition) is 1. The number of morpholine rings is 1. The van der Waals surface area contributed by atoms with Crippen molar-refractivity contribution >= 4 is 6.09 Å². The average Bonchev–Trinajstić information content (AvgIpc) is 3.00. The Kier molecular flexibility index (Phi) is 6.89. The molecule has 2 aliphatic rings. The van der Waals surface area contributed by atoms with Gasteiger partial charge >= 0.3 is 6.09 Å². The number of amides is 1. The van der Waals surface area contributed by atoms with Gasteiger partial charge in [-0.3, -0.25) is 0 Å². The Morgan fingerprint density at radius 1 is 1.33 bits per heavy atom. The van der Waals surface area contributed by atoms with Crippen LogP contribution in [0.3, 0.4) is 0 Å². The van der Waals surface area contributed by atoms with Crippen molar-refractivity contribution in [3.8, 4) is 0 Å². The van der Waals surface area contributed by atoms with Crippen molar-refractivity contribution in [2.45, 2.75) is 83.7 Å². The fraction of sp³-hybridized carbons (Fsp3) is 0.944. The molecule has 2 fully saturated rings. The van der Waals surface area contributed by atoms with Crippen molar-refractivity contribution in [1.29, 1.82) is 0 Å². The van der Waals surface area contributed by atoms with Crippen LogP contribution in [0.1, 0.15) is 53.9 Å². The van der Waals surface area contributed by atoms with Gasteiger partial charge in [-0.05, 0) is 53.9 Å². The number of carbonyl (C=O) groups excluding carboxylic acids is 1. The molecule has 0 radical (unpaired) electrons. The number of rotatable bonds is 5. The van der Waals surface area contributed by atoms with E-state index in [9.17, 15) is 4.79 Å². The average molecular weight is 342 g/mol. The first-order valence-electron chi connectivity index (χ1n) is 9.21. The fourth-order valence-electron chi connectivity index (χ4n) is 3.44. The molecule has 1 N–H and O–H groups in total. The van der Waals surface area contributed by atoms with Crippen LogP contribution in [0.5, 0.6) is 0 Å². The molecule has 0 unspecified atom stereocenters. The van der Waals surface area contributed by atoms with E-state index in [0.29, 0.717) is 31.9 Å². The van der Waals surface area contributed by atoms with Crippen LogP contribution in [0.4, 0.5) is 4.79 Å². The summed E-state index contributed by atoms with van der Waals surface area (Å²) >= 11 is 0. The molecule has 4 atom stereocenters. The zero-order chi connectivity index (χ0) is 17.7. The summed E-state index contributed by atoms with van der Waals surface area (Å²) in [4.78, 5) is 14.3. The predicted molar refractivity (Wildman–Crippen MR) is 93.2 cm³/mol. The molecule has 0 aromatic heterocycles. The molecule has 2 aliphatic heterocycles. The van der Waals surface area contributed by atoms with Gasteiger partial charge in [0.05, 0.1) is 25.4 Å². The van der Waals surface area contributed by atoms with Crippen LogP contribution < -0.4 is 5.32 Å². The third-order valence-corrected chi connectivity index (χ3v) is 4.55. The second-order valence-electron chi connectivity index (χ2n) is 8.05. The van der Waals surface area contributed by atoms with Crippen LogP contribution in [0.2, 0.25) is 0 Å². The van der Waals surface area contributed by atoms with Gasteiger partial charge in [0.2, 0.25) is 0 Å². The van der Waals surface area contributed by atoms with Crippen molar-refractivity contribution in [3.05, 3.63) is 0 Å². The second-order valence-corrected chi connectivity index (χ2v) is 8.05.